The second-order valence-electron chi connectivity index (χ2n) is 13.5. The van der Waals surface area contributed by atoms with Crippen molar-refractivity contribution in [1.29, 1.82) is 0 Å². The highest BCUT2D eigenvalue weighted by atomic mass is 28.4. The van der Waals surface area contributed by atoms with Gasteiger partial charge in [0.25, 0.3) is 11.8 Å². The maximum Gasteiger partial charge on any atom is 0.269 e. The van der Waals surface area contributed by atoms with Gasteiger partial charge >= 0.3 is 0 Å². The molecule has 1 aromatic heterocycles. The van der Waals surface area contributed by atoms with Gasteiger partial charge in [0.05, 0.1) is 35.7 Å². The fraction of sp³-hybridized carbons (Fsp3) is 0.351. The zero-order valence-electron chi connectivity index (χ0n) is 27.8. The van der Waals surface area contributed by atoms with Gasteiger partial charge < -0.3 is 23.6 Å². The third-order valence-corrected chi connectivity index (χ3v) is 12.6. The summed E-state index contributed by atoms with van der Waals surface area (Å²) < 4.78 is 30.7. The van der Waals surface area contributed by atoms with Crippen LogP contribution in [0.4, 0.5) is 21.2 Å². The van der Waals surface area contributed by atoms with Gasteiger partial charge in [-0.3, -0.25) is 19.2 Å². The number of carbonyl (C=O) groups excluding carboxylic acids is 2. The summed E-state index contributed by atoms with van der Waals surface area (Å²) in [6.07, 6.45) is 3.27. The van der Waals surface area contributed by atoms with E-state index in [4.69, 9.17) is 9.47 Å². The Morgan fingerprint density at radius 3 is 2.59 bits per heavy atom. The number of carbonyl (C=O) groups is 2. The topological polar surface area (TPSA) is 110 Å². The second kappa shape index (κ2) is 12.7. The fourth-order valence-electron chi connectivity index (χ4n) is 8.04. The first-order valence-electron chi connectivity index (χ1n) is 16.6. The predicted molar refractivity (Wildman–Crippen MR) is 186 cm³/mol. The number of hydrogen-bond acceptors (Lipinski definition) is 7. The Bertz CT molecular complexity index is 1900. The molecule has 3 aromatic carbocycles. The molecule has 254 valence electrons. The van der Waals surface area contributed by atoms with Crippen molar-refractivity contribution >= 4 is 37.3 Å². The molecule has 1 fully saturated rings. The highest BCUT2D eigenvalue weighted by Crippen LogP contribution is 2.60. The molecule has 7 rings (SSSR count). The number of ether oxygens (including phenoxy) is 2. The lowest BCUT2D eigenvalue weighted by Crippen LogP contribution is -2.45. The van der Waals surface area contributed by atoms with Crippen LogP contribution in [0, 0.1) is 5.92 Å². The molecule has 1 N–H and O–H groups in total. The summed E-state index contributed by atoms with van der Waals surface area (Å²) >= 11 is 0. The Morgan fingerprint density at radius 1 is 1.10 bits per heavy atom. The maximum absolute atomic E-state index is 16.4. The molecule has 1 spiro atoms. The molecular formula is C37H40FN5O5Si. The second-order valence-corrected chi connectivity index (χ2v) is 17.3. The van der Waals surface area contributed by atoms with E-state index < -0.39 is 31.6 Å². The molecule has 49 heavy (non-hydrogen) atoms. The highest BCUT2D eigenvalue weighted by molar-refractivity contribution is 6.72. The van der Waals surface area contributed by atoms with E-state index in [2.05, 4.69) is 16.9 Å². The lowest BCUT2D eigenvalue weighted by molar-refractivity contribution is -0.145. The first kappa shape index (κ1) is 32.9. The zero-order chi connectivity index (χ0) is 34.5. The molecule has 0 radical (unpaired) electrons. The average Bonchev–Trinajstić information content (AvgIpc) is 3.75. The third-order valence-electron chi connectivity index (χ3n) is 10.2. The third kappa shape index (κ3) is 5.47. The quantitative estimate of drug-likeness (QED) is 0.127. The van der Waals surface area contributed by atoms with Crippen molar-refractivity contribution in [2.75, 3.05) is 29.6 Å². The molecule has 3 aliphatic heterocycles. The normalized spacial score (nSPS) is 23.8. The molecule has 1 saturated heterocycles. The van der Waals surface area contributed by atoms with Crippen LogP contribution in [-0.4, -0.2) is 66.2 Å². The average molecular weight is 682 g/mol. The van der Waals surface area contributed by atoms with Crippen molar-refractivity contribution in [1.82, 2.24) is 15.0 Å². The summed E-state index contributed by atoms with van der Waals surface area (Å²) in [5.41, 5.74) is 2.05. The van der Waals surface area contributed by atoms with E-state index >= 15 is 4.11 Å². The van der Waals surface area contributed by atoms with Crippen LogP contribution in [0.1, 0.15) is 36.1 Å². The van der Waals surface area contributed by atoms with E-state index in [1.54, 1.807) is 39.8 Å². The van der Waals surface area contributed by atoms with Gasteiger partial charge in [-0.1, -0.05) is 60.7 Å². The van der Waals surface area contributed by atoms with Crippen molar-refractivity contribution in [2.24, 2.45) is 5.92 Å². The Kier molecular flexibility index (Phi) is 8.50. The fourth-order valence-corrected chi connectivity index (χ4v) is 10.6. The van der Waals surface area contributed by atoms with E-state index in [0.29, 0.717) is 47.0 Å². The van der Waals surface area contributed by atoms with Crippen LogP contribution in [0.15, 0.2) is 91.6 Å². The molecule has 12 heteroatoms. The van der Waals surface area contributed by atoms with E-state index in [9.17, 15) is 14.7 Å². The maximum atomic E-state index is 16.4. The number of benzene rings is 3. The minimum Gasteiger partial charge on any atom is -0.482 e. The number of fused-ring (bicyclic) bond motifs is 3. The summed E-state index contributed by atoms with van der Waals surface area (Å²) in [4.78, 5) is 31.1. The summed E-state index contributed by atoms with van der Waals surface area (Å²) in [5, 5.41) is 18.8. The van der Waals surface area contributed by atoms with Gasteiger partial charge in [0.2, 0.25) is 8.41 Å². The predicted octanol–water partition coefficient (Wildman–Crippen LogP) is 5.86. The number of amides is 2. The van der Waals surface area contributed by atoms with Crippen molar-refractivity contribution in [2.45, 2.75) is 56.1 Å². The Labute approximate surface area is 285 Å². The van der Waals surface area contributed by atoms with Crippen LogP contribution in [-0.2, 0) is 26.5 Å². The van der Waals surface area contributed by atoms with Gasteiger partial charge in [-0.25, -0.2) is 0 Å². The van der Waals surface area contributed by atoms with Crippen LogP contribution in [0.2, 0.25) is 18.6 Å². The van der Waals surface area contributed by atoms with Gasteiger partial charge in [0, 0.05) is 42.0 Å². The number of aryl methyl sites for hydroxylation is 1. The SMILES string of the molecule is C=CCN1C(=O)[C@]2(O[C@H](CCn3cc(C(CO)c4ccccc4)nn3)[C@@H]([Si](C)(C)F)[C@@H]2C)c2cc(N3C(=O)COc4ccccc43)ccc21. The van der Waals surface area contributed by atoms with Crippen molar-refractivity contribution in [3.63, 3.8) is 0 Å². The molecule has 0 bridgehead atoms. The highest BCUT2D eigenvalue weighted by Gasteiger charge is 2.66. The van der Waals surface area contributed by atoms with Crippen molar-refractivity contribution in [3.8, 4) is 5.75 Å². The van der Waals surface area contributed by atoms with Crippen LogP contribution in [0.3, 0.4) is 0 Å². The molecule has 1 unspecified atom stereocenters. The lowest BCUT2D eigenvalue weighted by Gasteiger charge is -2.32. The molecule has 10 nitrogen and oxygen atoms in total. The first-order valence-corrected chi connectivity index (χ1v) is 19.6. The van der Waals surface area contributed by atoms with Gasteiger partial charge in [0.1, 0.15) is 5.75 Å². The summed E-state index contributed by atoms with van der Waals surface area (Å²) in [5.74, 6) is -0.743. The lowest BCUT2D eigenvalue weighted by atomic mass is 9.82. The largest absolute Gasteiger partial charge is 0.482 e. The molecule has 3 aliphatic rings. The number of halogens is 1. The molecule has 4 aromatic rings. The van der Waals surface area contributed by atoms with Crippen LogP contribution in [0.25, 0.3) is 0 Å². The minimum atomic E-state index is -3.42. The minimum absolute atomic E-state index is 0.117. The molecule has 2 amide bonds. The summed E-state index contributed by atoms with van der Waals surface area (Å²) in [6, 6.07) is 22.5. The van der Waals surface area contributed by atoms with Crippen LogP contribution >= 0.6 is 0 Å². The summed E-state index contributed by atoms with van der Waals surface area (Å²) in [7, 11) is -3.42. The molecular weight excluding hydrogens is 642 g/mol. The number of para-hydroxylation sites is 2. The van der Waals surface area contributed by atoms with Gasteiger partial charge in [0.15, 0.2) is 12.2 Å². The molecule has 0 aliphatic carbocycles. The van der Waals surface area contributed by atoms with Gasteiger partial charge in [-0.2, -0.15) is 0 Å². The number of hydrogen-bond donors (Lipinski definition) is 1. The van der Waals surface area contributed by atoms with Crippen molar-refractivity contribution < 1.29 is 28.3 Å². The van der Waals surface area contributed by atoms with E-state index in [0.717, 1.165) is 5.56 Å². The van der Waals surface area contributed by atoms with Gasteiger partial charge in [-0.15, -0.1) is 11.7 Å². The van der Waals surface area contributed by atoms with Gasteiger partial charge in [-0.05, 0) is 55.4 Å². The monoisotopic (exact) mass is 681 g/mol. The van der Waals surface area contributed by atoms with Crippen LogP contribution in [0.5, 0.6) is 5.75 Å². The smallest absolute Gasteiger partial charge is 0.269 e. The standard InChI is InChI=1S/C37H40FN5O5Si/c1-5-18-42-30-16-15-26(43-31-13-9-10-14-32(31)47-23-34(43)45)20-28(30)37(36(42)46)24(2)35(49(3,4)38)33(48-37)17-19-41-21-29(39-40-41)27(22-44)25-11-7-6-8-12-25/h5-16,20-21,24,27,33,35,44H,1,17-19,22-23H2,2-4H3/t24-,27?,33+,35-,37+/m0/s1. The number of aliphatic hydroxyl groups is 1. The first-order chi connectivity index (χ1) is 23.6. The molecule has 4 heterocycles. The number of rotatable bonds is 10. The number of aliphatic hydroxyl groups excluding tert-OH is 1. The van der Waals surface area contributed by atoms with E-state index in [-0.39, 0.29) is 37.5 Å². The van der Waals surface area contributed by atoms with E-state index in [1.165, 1.54) is 0 Å². The molecule has 5 atom stereocenters. The number of anilines is 3. The number of nitrogens with zero attached hydrogens (tertiary/aromatic N) is 5. The Hall–Kier alpha value is -4.65. The van der Waals surface area contributed by atoms with Crippen molar-refractivity contribution in [3.05, 3.63) is 108 Å². The Morgan fingerprint density at radius 2 is 1.86 bits per heavy atom. The van der Waals surface area contributed by atoms with Crippen LogP contribution < -0.4 is 14.5 Å². The number of aromatic nitrogens is 3. The molecule has 0 saturated carbocycles. The van der Waals surface area contributed by atoms with E-state index in [1.807, 2.05) is 79.7 Å². The zero-order valence-corrected chi connectivity index (χ0v) is 28.8. The Balaban J connectivity index is 1.24. The summed E-state index contributed by atoms with van der Waals surface area (Å²) in [6.45, 7) is 9.53.